The Morgan fingerprint density at radius 1 is 0.833 bits per heavy atom. The van der Waals surface area contributed by atoms with Gasteiger partial charge in [-0.3, -0.25) is 0 Å². The summed E-state index contributed by atoms with van der Waals surface area (Å²) in [7, 11) is 0. The van der Waals surface area contributed by atoms with Crippen molar-refractivity contribution in [2.24, 2.45) is 0 Å². The first kappa shape index (κ1) is 27.6. The van der Waals surface area contributed by atoms with E-state index in [0.29, 0.717) is 6.61 Å². The minimum atomic E-state index is -0.977. The van der Waals surface area contributed by atoms with Crippen LogP contribution in [0.5, 0.6) is 0 Å². The van der Waals surface area contributed by atoms with Gasteiger partial charge in [0, 0.05) is 6.61 Å². The van der Waals surface area contributed by atoms with Crippen LogP contribution in [-0.4, -0.2) is 59.6 Å². The van der Waals surface area contributed by atoms with Gasteiger partial charge in [0.15, 0.2) is 0 Å². The number of ether oxygens (including phenoxy) is 2. The molecule has 4 atom stereocenters. The Morgan fingerprint density at radius 2 is 1.33 bits per heavy atom. The molecule has 0 bridgehead atoms. The molecule has 0 unspecified atom stereocenters. The first-order chi connectivity index (χ1) is 14.7. The van der Waals surface area contributed by atoms with E-state index in [1.165, 1.54) is 83.5 Å². The molecule has 3 N–H and O–H groups in total. The summed E-state index contributed by atoms with van der Waals surface area (Å²) < 4.78 is 11.0. The zero-order chi connectivity index (χ0) is 21.9. The van der Waals surface area contributed by atoms with E-state index >= 15 is 0 Å². The molecule has 0 saturated carbocycles. The maximum absolute atomic E-state index is 9.84. The Labute approximate surface area is 184 Å². The van der Waals surface area contributed by atoms with Gasteiger partial charge in [0.25, 0.3) is 0 Å². The second-order valence-electron chi connectivity index (χ2n) is 8.76. The van der Waals surface area contributed by atoms with Crippen molar-refractivity contribution in [3.8, 4) is 0 Å². The van der Waals surface area contributed by atoms with Crippen LogP contribution in [0.3, 0.4) is 0 Å². The van der Waals surface area contributed by atoms with Crippen LogP contribution in [-0.2, 0) is 9.47 Å². The molecular weight excluding hydrogens is 380 g/mol. The fourth-order valence-corrected chi connectivity index (χ4v) is 4.09. The number of hydrogen-bond acceptors (Lipinski definition) is 5. The Kier molecular flexibility index (Phi) is 17.7. The molecule has 0 radical (unpaired) electrons. The zero-order valence-corrected chi connectivity index (χ0v) is 19.4. The highest BCUT2D eigenvalue weighted by atomic mass is 16.6. The van der Waals surface area contributed by atoms with Crippen molar-refractivity contribution in [2.75, 3.05) is 19.8 Å². The van der Waals surface area contributed by atoms with Gasteiger partial charge in [-0.1, -0.05) is 89.2 Å². The van der Waals surface area contributed by atoms with Crippen molar-refractivity contribution >= 4 is 0 Å². The van der Waals surface area contributed by atoms with Gasteiger partial charge in [-0.05, 0) is 26.2 Å². The summed E-state index contributed by atoms with van der Waals surface area (Å²) in [6.45, 7) is 2.55. The molecule has 1 fully saturated rings. The van der Waals surface area contributed by atoms with Crippen LogP contribution in [0.2, 0.25) is 0 Å². The van der Waals surface area contributed by atoms with E-state index in [4.69, 9.17) is 9.47 Å². The number of aliphatic hydroxyl groups excluding tert-OH is 3. The third-order valence-corrected chi connectivity index (χ3v) is 6.07. The Balaban J connectivity index is 1.80. The van der Waals surface area contributed by atoms with E-state index in [0.717, 1.165) is 12.8 Å². The van der Waals surface area contributed by atoms with E-state index in [2.05, 4.69) is 19.1 Å². The molecule has 30 heavy (non-hydrogen) atoms. The summed E-state index contributed by atoms with van der Waals surface area (Å²) in [5.41, 5.74) is 0. The number of aliphatic hydroxyl groups is 3. The van der Waals surface area contributed by atoms with Crippen molar-refractivity contribution in [3.63, 3.8) is 0 Å². The molecule has 0 aromatic rings. The van der Waals surface area contributed by atoms with Gasteiger partial charge in [0.1, 0.15) is 24.4 Å². The molecule has 0 aromatic carbocycles. The van der Waals surface area contributed by atoms with E-state index in [-0.39, 0.29) is 13.2 Å². The van der Waals surface area contributed by atoms with Gasteiger partial charge in [-0.15, -0.1) is 0 Å². The maximum Gasteiger partial charge on any atom is 0.114 e. The molecule has 5 nitrogen and oxygen atoms in total. The van der Waals surface area contributed by atoms with Crippen LogP contribution < -0.4 is 0 Å². The van der Waals surface area contributed by atoms with Crippen molar-refractivity contribution in [1.82, 2.24) is 0 Å². The number of rotatable bonds is 20. The highest BCUT2D eigenvalue weighted by molar-refractivity contribution is 4.88. The standard InChI is InChI=1S/C25H48O5/c1-2-3-4-5-6-7-8-9-10-11-12-13-14-15-16-17-18-19-29-23(20-26)25-24(28)22(27)21-30-25/h2-3,22-28H,4-21H2,1H3/b3-2+/t22-,23+,24+,25+/m1/s1. The first-order valence-corrected chi connectivity index (χ1v) is 12.5. The monoisotopic (exact) mass is 428 g/mol. The van der Waals surface area contributed by atoms with E-state index in [1.807, 2.05) is 0 Å². The number of allylic oxidation sites excluding steroid dienone is 2. The molecular formula is C25H48O5. The molecule has 0 spiro atoms. The Hall–Kier alpha value is -0.460. The van der Waals surface area contributed by atoms with Crippen molar-refractivity contribution in [2.45, 2.75) is 128 Å². The lowest BCUT2D eigenvalue weighted by Gasteiger charge is -2.24. The number of unbranched alkanes of at least 4 members (excludes halogenated alkanes) is 14. The van der Waals surface area contributed by atoms with Crippen molar-refractivity contribution in [1.29, 1.82) is 0 Å². The summed E-state index contributed by atoms with van der Waals surface area (Å²) in [6.07, 6.45) is 21.0. The molecule has 5 heteroatoms. The predicted octanol–water partition coefficient (Wildman–Crippen LogP) is 4.91. The average Bonchev–Trinajstić information content (AvgIpc) is 3.08. The van der Waals surface area contributed by atoms with Crippen LogP contribution >= 0.6 is 0 Å². The number of hydrogen-bond donors (Lipinski definition) is 3. The van der Waals surface area contributed by atoms with Gasteiger partial charge in [0.05, 0.1) is 13.2 Å². The summed E-state index contributed by atoms with van der Waals surface area (Å²) in [6, 6.07) is 0. The third kappa shape index (κ3) is 13.1. The topological polar surface area (TPSA) is 79.2 Å². The predicted molar refractivity (Wildman–Crippen MR) is 123 cm³/mol. The third-order valence-electron chi connectivity index (χ3n) is 6.07. The summed E-state index contributed by atoms with van der Waals surface area (Å²) in [5, 5.41) is 28.8. The Morgan fingerprint density at radius 3 is 1.77 bits per heavy atom. The van der Waals surface area contributed by atoms with E-state index in [9.17, 15) is 15.3 Å². The second-order valence-corrected chi connectivity index (χ2v) is 8.76. The van der Waals surface area contributed by atoms with Crippen LogP contribution in [0, 0.1) is 0 Å². The quantitative estimate of drug-likeness (QED) is 0.190. The van der Waals surface area contributed by atoms with Gasteiger partial charge < -0.3 is 24.8 Å². The Bertz CT molecular complexity index is 401. The van der Waals surface area contributed by atoms with Crippen LogP contribution in [0.15, 0.2) is 12.2 Å². The smallest absolute Gasteiger partial charge is 0.114 e. The molecule has 1 rings (SSSR count). The van der Waals surface area contributed by atoms with Gasteiger partial charge in [-0.25, -0.2) is 0 Å². The lowest BCUT2D eigenvalue weighted by molar-refractivity contribution is -0.101. The molecule has 0 aromatic heterocycles. The van der Waals surface area contributed by atoms with Crippen molar-refractivity contribution in [3.05, 3.63) is 12.2 Å². The minimum Gasteiger partial charge on any atom is -0.394 e. The van der Waals surface area contributed by atoms with E-state index < -0.39 is 24.4 Å². The highest BCUT2D eigenvalue weighted by Crippen LogP contribution is 2.20. The van der Waals surface area contributed by atoms with Gasteiger partial charge >= 0.3 is 0 Å². The fraction of sp³-hybridized carbons (Fsp3) is 0.920. The van der Waals surface area contributed by atoms with Gasteiger partial charge in [0.2, 0.25) is 0 Å². The highest BCUT2D eigenvalue weighted by Gasteiger charge is 2.40. The summed E-state index contributed by atoms with van der Waals surface area (Å²) >= 11 is 0. The maximum atomic E-state index is 9.84. The fourth-order valence-electron chi connectivity index (χ4n) is 4.09. The van der Waals surface area contributed by atoms with Crippen LogP contribution in [0.25, 0.3) is 0 Å². The largest absolute Gasteiger partial charge is 0.394 e. The normalized spacial score (nSPS) is 22.9. The minimum absolute atomic E-state index is 0.100. The molecule has 178 valence electrons. The first-order valence-electron chi connectivity index (χ1n) is 12.5. The lowest BCUT2D eigenvalue weighted by atomic mass is 10.0. The zero-order valence-electron chi connectivity index (χ0n) is 19.4. The van der Waals surface area contributed by atoms with E-state index in [1.54, 1.807) is 0 Å². The molecule has 1 saturated heterocycles. The molecule has 1 aliphatic heterocycles. The summed E-state index contributed by atoms with van der Waals surface area (Å²) in [5.74, 6) is 0. The van der Waals surface area contributed by atoms with Gasteiger partial charge in [-0.2, -0.15) is 0 Å². The molecule has 1 heterocycles. The average molecular weight is 429 g/mol. The molecule has 1 aliphatic rings. The van der Waals surface area contributed by atoms with Crippen LogP contribution in [0.1, 0.15) is 103 Å². The second kappa shape index (κ2) is 19.2. The lowest BCUT2D eigenvalue weighted by Crippen LogP contribution is -2.42. The molecule has 0 aliphatic carbocycles. The van der Waals surface area contributed by atoms with Crippen molar-refractivity contribution < 1.29 is 24.8 Å². The molecule has 0 amide bonds. The van der Waals surface area contributed by atoms with Crippen LogP contribution in [0.4, 0.5) is 0 Å². The SMILES string of the molecule is C/C=C/CCCCCCCCCCCCCCCCO[C@@H](CO)[C@@H]1OC[C@@H](O)[C@@H]1O. The summed E-state index contributed by atoms with van der Waals surface area (Å²) in [4.78, 5) is 0.